The molecule has 1 aromatic carbocycles. The van der Waals surface area contributed by atoms with Gasteiger partial charge in [-0.25, -0.2) is 0 Å². The average molecular weight is 161 g/mol. The molecule has 65 valence electrons. The molecule has 1 radical (unpaired) electrons. The number of hydrogen-bond donors (Lipinski definition) is 0. The Labute approximate surface area is 75.6 Å². The van der Waals surface area contributed by atoms with Gasteiger partial charge in [-0.1, -0.05) is 44.5 Å². The first-order valence-corrected chi connectivity index (χ1v) is 4.75. The van der Waals surface area contributed by atoms with E-state index in [0.29, 0.717) is 0 Å². The summed E-state index contributed by atoms with van der Waals surface area (Å²) in [5.41, 5.74) is 2.80. The van der Waals surface area contributed by atoms with Gasteiger partial charge in [-0.3, -0.25) is 0 Å². The van der Waals surface area contributed by atoms with Gasteiger partial charge < -0.3 is 0 Å². The molecular weight excluding hydrogens is 144 g/mol. The highest BCUT2D eigenvalue weighted by molar-refractivity contribution is 5.27. The molecule has 0 heterocycles. The Bertz CT molecular complexity index is 225. The second-order valence-corrected chi connectivity index (χ2v) is 3.14. The summed E-state index contributed by atoms with van der Waals surface area (Å²) < 4.78 is 0. The molecule has 12 heavy (non-hydrogen) atoms. The van der Waals surface area contributed by atoms with Crippen LogP contribution in [0.1, 0.15) is 37.8 Å². The van der Waals surface area contributed by atoms with Gasteiger partial charge in [0.15, 0.2) is 0 Å². The number of rotatable bonds is 4. The highest BCUT2D eigenvalue weighted by atomic mass is 14.0. The molecule has 0 saturated heterocycles. The first-order chi connectivity index (χ1) is 5.86. The largest absolute Gasteiger partial charge is 0.0654 e. The summed E-state index contributed by atoms with van der Waals surface area (Å²) in [6.07, 6.45) is 5.95. The van der Waals surface area contributed by atoms with Crippen molar-refractivity contribution in [3.63, 3.8) is 0 Å². The van der Waals surface area contributed by atoms with E-state index in [1.807, 2.05) is 0 Å². The molecule has 0 nitrogen and oxygen atoms in total. The van der Waals surface area contributed by atoms with E-state index < -0.39 is 0 Å². The summed E-state index contributed by atoms with van der Waals surface area (Å²) in [5, 5.41) is 0. The molecule has 0 aliphatic heterocycles. The number of aryl methyl sites for hydroxylation is 1. The van der Waals surface area contributed by atoms with Gasteiger partial charge in [-0.05, 0) is 30.4 Å². The van der Waals surface area contributed by atoms with Crippen LogP contribution in [0.3, 0.4) is 0 Å². The zero-order valence-corrected chi connectivity index (χ0v) is 8.01. The summed E-state index contributed by atoms with van der Waals surface area (Å²) >= 11 is 0. The molecule has 0 bridgehead atoms. The predicted octanol–water partition coefficient (Wildman–Crippen LogP) is 3.60. The van der Waals surface area contributed by atoms with Crippen LogP contribution in [-0.2, 0) is 6.42 Å². The van der Waals surface area contributed by atoms with Crippen LogP contribution in [0.5, 0.6) is 0 Å². The second kappa shape index (κ2) is 4.97. The molecule has 0 unspecified atom stereocenters. The van der Waals surface area contributed by atoms with E-state index in [4.69, 9.17) is 0 Å². The molecule has 1 aromatic rings. The number of benzene rings is 1. The molecule has 0 heteroatoms. The van der Waals surface area contributed by atoms with Crippen LogP contribution in [0.2, 0.25) is 0 Å². The topological polar surface area (TPSA) is 0 Å². The molecule has 0 aromatic heterocycles. The summed E-state index contributed by atoms with van der Waals surface area (Å²) in [6, 6.07) is 8.77. The molecule has 1 rings (SSSR count). The summed E-state index contributed by atoms with van der Waals surface area (Å²) in [5.74, 6) is 0. The minimum absolute atomic E-state index is 1.22. The minimum Gasteiger partial charge on any atom is -0.0654 e. The number of unbranched alkanes of at least 4 members (excludes halogenated alkanes) is 1. The molecular formula is C12H17. The maximum atomic E-state index is 2.27. The van der Waals surface area contributed by atoms with Gasteiger partial charge in [0, 0.05) is 0 Å². The first kappa shape index (κ1) is 9.31. The predicted molar refractivity (Wildman–Crippen MR) is 54.1 cm³/mol. The van der Waals surface area contributed by atoms with Crippen LogP contribution in [0, 0.1) is 6.42 Å². The molecule has 0 spiro atoms. The van der Waals surface area contributed by atoms with Crippen molar-refractivity contribution in [2.24, 2.45) is 0 Å². The van der Waals surface area contributed by atoms with Crippen LogP contribution in [0.25, 0.3) is 0 Å². The lowest BCUT2D eigenvalue weighted by atomic mass is 10.0. The highest BCUT2D eigenvalue weighted by Crippen LogP contribution is 2.09. The van der Waals surface area contributed by atoms with Gasteiger partial charge in [0.25, 0.3) is 0 Å². The van der Waals surface area contributed by atoms with Crippen molar-refractivity contribution in [3.8, 4) is 0 Å². The average Bonchev–Trinajstić information content (AvgIpc) is 2.15. The molecule has 0 N–H and O–H groups in total. The Kier molecular flexibility index (Phi) is 3.86. The lowest BCUT2D eigenvalue weighted by Crippen LogP contribution is -1.86. The summed E-state index contributed by atoms with van der Waals surface area (Å²) in [4.78, 5) is 0. The molecule has 0 aliphatic carbocycles. The fourth-order valence-electron chi connectivity index (χ4n) is 1.31. The standard InChI is InChI=1S/C12H17/c1-3-5-7-12-9-6-8-11(4-2)10-12/h4,6,8-10H,3,5,7H2,1-2H3. The molecule has 0 amide bonds. The van der Waals surface area contributed by atoms with E-state index in [1.165, 1.54) is 30.4 Å². The van der Waals surface area contributed by atoms with Crippen molar-refractivity contribution in [1.29, 1.82) is 0 Å². The number of hydrogen-bond acceptors (Lipinski definition) is 0. The van der Waals surface area contributed by atoms with Crippen molar-refractivity contribution >= 4 is 0 Å². The van der Waals surface area contributed by atoms with Crippen LogP contribution in [0.15, 0.2) is 24.3 Å². The third-order valence-electron chi connectivity index (χ3n) is 2.10. The highest BCUT2D eigenvalue weighted by Gasteiger charge is 1.93. The third kappa shape index (κ3) is 2.69. The fraction of sp³-hybridized carbons (Fsp3) is 0.417. The Balaban J connectivity index is 2.60. The van der Waals surface area contributed by atoms with E-state index in [2.05, 4.69) is 44.5 Å². The zero-order chi connectivity index (χ0) is 8.81. The monoisotopic (exact) mass is 161 g/mol. The summed E-state index contributed by atoms with van der Waals surface area (Å²) in [7, 11) is 0. The smallest absolute Gasteiger partial charge is 0.0124 e. The van der Waals surface area contributed by atoms with E-state index >= 15 is 0 Å². The maximum absolute atomic E-state index is 2.27. The van der Waals surface area contributed by atoms with Gasteiger partial charge in [0.1, 0.15) is 0 Å². The second-order valence-electron chi connectivity index (χ2n) is 3.14. The van der Waals surface area contributed by atoms with Crippen LogP contribution < -0.4 is 0 Å². The van der Waals surface area contributed by atoms with Gasteiger partial charge >= 0.3 is 0 Å². The van der Waals surface area contributed by atoms with Crippen LogP contribution in [-0.4, -0.2) is 0 Å². The zero-order valence-electron chi connectivity index (χ0n) is 8.01. The van der Waals surface area contributed by atoms with Gasteiger partial charge in [-0.15, -0.1) is 0 Å². The minimum atomic E-state index is 1.22. The lowest BCUT2D eigenvalue weighted by molar-refractivity contribution is 0.794. The fourth-order valence-corrected chi connectivity index (χ4v) is 1.31. The molecule has 0 atom stereocenters. The van der Waals surface area contributed by atoms with E-state index in [-0.39, 0.29) is 0 Å². The van der Waals surface area contributed by atoms with Gasteiger partial charge in [0.2, 0.25) is 0 Å². The Morgan fingerprint density at radius 3 is 2.83 bits per heavy atom. The van der Waals surface area contributed by atoms with Crippen molar-refractivity contribution in [2.45, 2.75) is 33.1 Å². The van der Waals surface area contributed by atoms with Gasteiger partial charge in [0.05, 0.1) is 0 Å². The van der Waals surface area contributed by atoms with Crippen molar-refractivity contribution in [1.82, 2.24) is 0 Å². The molecule has 0 saturated carbocycles. The summed E-state index contributed by atoms with van der Waals surface area (Å²) in [6.45, 7) is 4.31. The third-order valence-corrected chi connectivity index (χ3v) is 2.10. The molecule has 0 fully saturated rings. The van der Waals surface area contributed by atoms with Crippen molar-refractivity contribution in [2.75, 3.05) is 0 Å². The van der Waals surface area contributed by atoms with E-state index in [0.717, 1.165) is 0 Å². The molecule has 0 aliphatic rings. The van der Waals surface area contributed by atoms with E-state index in [1.54, 1.807) is 0 Å². The lowest BCUT2D eigenvalue weighted by Gasteiger charge is -2.01. The maximum Gasteiger partial charge on any atom is -0.0124 e. The normalized spacial score (nSPS) is 10.2. The quantitative estimate of drug-likeness (QED) is 0.633. The Morgan fingerprint density at radius 1 is 1.33 bits per heavy atom. The SMILES string of the molecule is C[CH]c1cccc(CCCC)c1. The van der Waals surface area contributed by atoms with Crippen LogP contribution >= 0.6 is 0 Å². The van der Waals surface area contributed by atoms with E-state index in [9.17, 15) is 0 Å². The van der Waals surface area contributed by atoms with Crippen molar-refractivity contribution in [3.05, 3.63) is 41.8 Å². The Morgan fingerprint density at radius 2 is 2.17 bits per heavy atom. The Hall–Kier alpha value is -0.780. The van der Waals surface area contributed by atoms with Crippen LogP contribution in [0.4, 0.5) is 0 Å². The van der Waals surface area contributed by atoms with Crippen molar-refractivity contribution < 1.29 is 0 Å². The first-order valence-electron chi connectivity index (χ1n) is 4.75. The van der Waals surface area contributed by atoms with Gasteiger partial charge in [-0.2, -0.15) is 0 Å².